The Morgan fingerprint density at radius 2 is 1.95 bits per heavy atom. The van der Waals surface area contributed by atoms with Crippen LogP contribution in [0.4, 0.5) is 5.13 Å². The van der Waals surface area contributed by atoms with Gasteiger partial charge in [0.05, 0.1) is 6.10 Å². The van der Waals surface area contributed by atoms with Gasteiger partial charge in [-0.05, 0) is 31.2 Å². The Bertz CT molecular complexity index is 597. The van der Waals surface area contributed by atoms with E-state index < -0.39 is 0 Å². The third-order valence-electron chi connectivity index (χ3n) is 4.15. The van der Waals surface area contributed by atoms with Gasteiger partial charge >= 0.3 is 0 Å². The molecular weight excluding hydrogens is 282 g/mol. The summed E-state index contributed by atoms with van der Waals surface area (Å²) in [4.78, 5) is 0. The minimum atomic E-state index is 0.188. The first-order valence-electron chi connectivity index (χ1n) is 7.65. The summed E-state index contributed by atoms with van der Waals surface area (Å²) >= 11 is 1.72. The van der Waals surface area contributed by atoms with E-state index in [1.165, 1.54) is 23.4 Å². The second-order valence-electron chi connectivity index (χ2n) is 5.86. The van der Waals surface area contributed by atoms with Gasteiger partial charge in [-0.15, -0.1) is 10.2 Å². The molecule has 21 heavy (non-hydrogen) atoms. The van der Waals surface area contributed by atoms with E-state index >= 15 is 0 Å². The molecule has 1 aliphatic carbocycles. The molecule has 0 radical (unpaired) electrons. The topological polar surface area (TPSA) is 47.0 Å². The number of benzene rings is 1. The maximum atomic E-state index is 5.91. The lowest BCUT2D eigenvalue weighted by molar-refractivity contribution is 0.00979. The van der Waals surface area contributed by atoms with Crippen molar-refractivity contribution in [3.05, 3.63) is 40.9 Å². The molecule has 1 aromatic carbocycles. The summed E-state index contributed by atoms with van der Waals surface area (Å²) in [5.74, 6) is 0.685. The minimum absolute atomic E-state index is 0.188. The Morgan fingerprint density at radius 3 is 2.76 bits per heavy atom. The molecule has 2 heterocycles. The third kappa shape index (κ3) is 3.09. The first-order valence-corrected chi connectivity index (χ1v) is 8.46. The highest BCUT2D eigenvalue weighted by atomic mass is 32.1. The smallest absolute Gasteiger partial charge is 0.205 e. The van der Waals surface area contributed by atoms with Crippen molar-refractivity contribution >= 4 is 16.5 Å². The van der Waals surface area contributed by atoms with Gasteiger partial charge < -0.3 is 10.1 Å². The number of nitrogens with one attached hydrogen (secondary N) is 1. The van der Waals surface area contributed by atoms with Gasteiger partial charge in [0.2, 0.25) is 5.13 Å². The van der Waals surface area contributed by atoms with Crippen LogP contribution in [0.3, 0.4) is 0 Å². The maximum absolute atomic E-state index is 5.91. The van der Waals surface area contributed by atoms with E-state index in [1.54, 1.807) is 11.3 Å². The molecular formula is C16H19N3OS. The lowest BCUT2D eigenvalue weighted by Gasteiger charge is -2.30. The van der Waals surface area contributed by atoms with Crippen LogP contribution in [0.2, 0.25) is 0 Å². The molecule has 5 heteroatoms. The van der Waals surface area contributed by atoms with E-state index in [4.69, 9.17) is 4.74 Å². The molecule has 1 aromatic heterocycles. The number of rotatable bonds is 4. The summed E-state index contributed by atoms with van der Waals surface area (Å²) < 4.78 is 5.91. The van der Waals surface area contributed by atoms with Crippen molar-refractivity contribution in [1.29, 1.82) is 0 Å². The largest absolute Gasteiger partial charge is 0.373 e. The van der Waals surface area contributed by atoms with Gasteiger partial charge in [-0.2, -0.15) is 0 Å². The average Bonchev–Trinajstić information content (AvgIpc) is 3.29. The number of hydrogen-bond acceptors (Lipinski definition) is 5. The molecule has 1 saturated carbocycles. The molecule has 1 saturated heterocycles. The summed E-state index contributed by atoms with van der Waals surface area (Å²) in [5, 5.41) is 14.3. The molecule has 110 valence electrons. The van der Waals surface area contributed by atoms with Crippen LogP contribution < -0.4 is 5.32 Å². The number of hydrogen-bond donors (Lipinski definition) is 1. The van der Waals surface area contributed by atoms with Gasteiger partial charge in [-0.3, -0.25) is 0 Å². The number of anilines is 1. The zero-order valence-electron chi connectivity index (χ0n) is 11.9. The van der Waals surface area contributed by atoms with Crippen molar-refractivity contribution in [2.24, 2.45) is 0 Å². The standard InChI is InChI=1S/C16H19N3OS/c1-2-4-11(5-3-1)14-10-13(8-9-20-14)17-16-19-18-15(21-16)12-6-7-12/h1-5,12-14H,6-10H2,(H,17,19). The van der Waals surface area contributed by atoms with E-state index in [2.05, 4.69) is 39.8 Å². The van der Waals surface area contributed by atoms with Crippen LogP contribution in [0.1, 0.15) is 48.3 Å². The molecule has 0 bridgehead atoms. The average molecular weight is 301 g/mol. The van der Waals surface area contributed by atoms with Crippen LogP contribution in [0.5, 0.6) is 0 Å². The number of ether oxygens (including phenoxy) is 1. The maximum Gasteiger partial charge on any atom is 0.205 e. The quantitative estimate of drug-likeness (QED) is 0.934. The Labute approximate surface area is 128 Å². The zero-order chi connectivity index (χ0) is 14.1. The molecule has 1 aliphatic heterocycles. The van der Waals surface area contributed by atoms with Crippen LogP contribution in [-0.2, 0) is 4.74 Å². The molecule has 4 nitrogen and oxygen atoms in total. The van der Waals surface area contributed by atoms with Crippen LogP contribution in [0.15, 0.2) is 30.3 Å². The van der Waals surface area contributed by atoms with Crippen molar-refractivity contribution < 1.29 is 4.74 Å². The predicted molar refractivity (Wildman–Crippen MR) is 83.7 cm³/mol. The molecule has 4 rings (SSSR count). The van der Waals surface area contributed by atoms with Gasteiger partial charge in [0.1, 0.15) is 5.01 Å². The predicted octanol–water partition coefficient (Wildman–Crippen LogP) is 3.75. The van der Waals surface area contributed by atoms with Crippen molar-refractivity contribution in [2.45, 2.75) is 43.7 Å². The fourth-order valence-electron chi connectivity index (χ4n) is 2.79. The summed E-state index contributed by atoms with van der Waals surface area (Å²) in [7, 11) is 0. The molecule has 2 unspecified atom stereocenters. The Kier molecular flexibility index (Phi) is 3.61. The van der Waals surface area contributed by atoms with E-state index in [-0.39, 0.29) is 6.10 Å². The van der Waals surface area contributed by atoms with Crippen molar-refractivity contribution in [3.63, 3.8) is 0 Å². The Balaban J connectivity index is 1.40. The fraction of sp³-hybridized carbons (Fsp3) is 0.500. The summed E-state index contributed by atoms with van der Waals surface area (Å²) in [6.07, 6.45) is 4.77. The second-order valence-corrected chi connectivity index (χ2v) is 6.86. The second kappa shape index (κ2) is 5.73. The normalized spacial score (nSPS) is 25.7. The van der Waals surface area contributed by atoms with Crippen LogP contribution in [0.25, 0.3) is 0 Å². The van der Waals surface area contributed by atoms with Gasteiger partial charge in [-0.1, -0.05) is 41.7 Å². The highest BCUT2D eigenvalue weighted by molar-refractivity contribution is 7.15. The highest BCUT2D eigenvalue weighted by Crippen LogP contribution is 2.42. The molecule has 0 amide bonds. The molecule has 2 atom stereocenters. The van der Waals surface area contributed by atoms with Gasteiger partial charge in [0.15, 0.2) is 0 Å². The van der Waals surface area contributed by atoms with Crippen LogP contribution in [0, 0.1) is 0 Å². The van der Waals surface area contributed by atoms with Crippen molar-refractivity contribution in [2.75, 3.05) is 11.9 Å². The lowest BCUT2D eigenvalue weighted by atomic mass is 9.98. The van der Waals surface area contributed by atoms with Gasteiger partial charge in [0, 0.05) is 18.6 Å². The molecule has 2 aliphatic rings. The first kappa shape index (κ1) is 13.2. The van der Waals surface area contributed by atoms with Gasteiger partial charge in [0.25, 0.3) is 0 Å². The molecule has 2 aromatic rings. The molecule has 0 spiro atoms. The monoisotopic (exact) mass is 301 g/mol. The van der Waals surface area contributed by atoms with Crippen molar-refractivity contribution in [1.82, 2.24) is 10.2 Å². The van der Waals surface area contributed by atoms with Crippen molar-refractivity contribution in [3.8, 4) is 0 Å². The summed E-state index contributed by atoms with van der Waals surface area (Å²) in [6, 6.07) is 10.9. The number of aromatic nitrogens is 2. The number of nitrogens with zero attached hydrogens (tertiary/aromatic N) is 2. The SMILES string of the molecule is c1ccc(C2CC(Nc3nnc(C4CC4)s3)CCO2)cc1. The highest BCUT2D eigenvalue weighted by Gasteiger charge is 2.29. The molecule has 1 N–H and O–H groups in total. The zero-order valence-corrected chi connectivity index (χ0v) is 12.7. The first-order chi connectivity index (χ1) is 10.4. The van der Waals surface area contributed by atoms with Crippen LogP contribution in [-0.4, -0.2) is 22.8 Å². The van der Waals surface area contributed by atoms with Crippen LogP contribution >= 0.6 is 11.3 Å². The van der Waals surface area contributed by atoms with E-state index in [0.29, 0.717) is 12.0 Å². The fourth-order valence-corrected chi connectivity index (χ4v) is 3.78. The van der Waals surface area contributed by atoms with E-state index in [9.17, 15) is 0 Å². The Hall–Kier alpha value is -1.46. The van der Waals surface area contributed by atoms with E-state index in [1.807, 2.05) is 6.07 Å². The molecule has 2 fully saturated rings. The third-order valence-corrected chi connectivity index (χ3v) is 5.17. The van der Waals surface area contributed by atoms with Gasteiger partial charge in [-0.25, -0.2) is 0 Å². The summed E-state index contributed by atoms with van der Waals surface area (Å²) in [5.41, 5.74) is 1.26. The minimum Gasteiger partial charge on any atom is -0.373 e. The van der Waals surface area contributed by atoms with E-state index in [0.717, 1.165) is 24.6 Å². The summed E-state index contributed by atoms with van der Waals surface area (Å²) in [6.45, 7) is 0.797. The Morgan fingerprint density at radius 1 is 1.10 bits per heavy atom. The lowest BCUT2D eigenvalue weighted by Crippen LogP contribution is -2.30.